The van der Waals surface area contributed by atoms with E-state index in [0.29, 0.717) is 13.5 Å². The number of nitrogens with zero attached hydrogens (tertiary/aromatic N) is 2. The van der Waals surface area contributed by atoms with Crippen LogP contribution in [-0.2, 0) is 13.1 Å². The van der Waals surface area contributed by atoms with Crippen molar-refractivity contribution in [1.82, 2.24) is 9.62 Å². The van der Waals surface area contributed by atoms with Gasteiger partial charge in [0.1, 0.15) is 25.0 Å². The summed E-state index contributed by atoms with van der Waals surface area (Å²) in [5.74, 6) is 2.02. The average molecular weight is 280 g/mol. The van der Waals surface area contributed by atoms with E-state index < -0.39 is 0 Å². The lowest BCUT2D eigenvalue weighted by Gasteiger charge is -2.34. The molecule has 0 unspecified atom stereocenters. The summed E-state index contributed by atoms with van der Waals surface area (Å²) in [6.45, 7) is 3.12. The van der Waals surface area contributed by atoms with Crippen molar-refractivity contribution in [3.8, 4) is 11.5 Å². The molecule has 0 spiro atoms. The zero-order valence-corrected chi connectivity index (χ0v) is 11.9. The summed E-state index contributed by atoms with van der Waals surface area (Å²) in [5.41, 5.74) is 2.50. The minimum Gasteiger partial charge on any atom is -0.479 e. The summed E-state index contributed by atoms with van der Waals surface area (Å²) < 4.78 is 11.6. The second kappa shape index (κ2) is 5.43. The Balaban J connectivity index is 1.42. The molecule has 106 valence electrons. The van der Waals surface area contributed by atoms with Crippen LogP contribution in [0.5, 0.6) is 11.5 Å². The molecule has 0 bridgehead atoms. The zero-order chi connectivity index (χ0) is 14.1. The second-order valence-electron chi connectivity index (χ2n) is 5.56. The van der Waals surface area contributed by atoms with Gasteiger partial charge in [-0.1, -0.05) is 36.4 Å². The normalized spacial score (nSPS) is 18.1. The van der Waals surface area contributed by atoms with E-state index in [1.165, 1.54) is 11.1 Å². The fourth-order valence-electron chi connectivity index (χ4n) is 2.91. The number of benzene rings is 2. The Morgan fingerprint density at radius 2 is 1.19 bits per heavy atom. The molecule has 4 nitrogen and oxygen atoms in total. The fourth-order valence-corrected chi connectivity index (χ4v) is 2.91. The molecular weight excluding hydrogens is 263 g/mol. The second-order valence-corrected chi connectivity index (χ2v) is 5.56. The van der Waals surface area contributed by atoms with E-state index in [1.807, 2.05) is 24.3 Å². The van der Waals surface area contributed by atoms with Gasteiger partial charge in [0, 0.05) is 24.2 Å². The number of fused-ring (bicyclic) bond motifs is 2. The lowest BCUT2D eigenvalue weighted by atomic mass is 10.00. The van der Waals surface area contributed by atoms with Gasteiger partial charge in [0.15, 0.2) is 0 Å². The molecule has 0 saturated heterocycles. The van der Waals surface area contributed by atoms with Crippen molar-refractivity contribution in [2.75, 3.05) is 13.5 Å². The molecule has 0 atom stereocenters. The van der Waals surface area contributed by atoms with Gasteiger partial charge < -0.3 is 9.47 Å². The Morgan fingerprint density at radius 1 is 0.714 bits per heavy atom. The third-order valence-corrected chi connectivity index (χ3v) is 3.94. The highest BCUT2D eigenvalue weighted by molar-refractivity contribution is 6.28. The maximum Gasteiger partial charge on any atom is 0.297 e. The van der Waals surface area contributed by atoms with Gasteiger partial charge in [0.25, 0.3) is 7.55 Å². The highest BCUT2D eigenvalue weighted by Crippen LogP contribution is 2.26. The smallest absolute Gasteiger partial charge is 0.297 e. The van der Waals surface area contributed by atoms with Crippen molar-refractivity contribution in [3.05, 3.63) is 59.7 Å². The van der Waals surface area contributed by atoms with Crippen molar-refractivity contribution in [2.45, 2.75) is 13.1 Å². The van der Waals surface area contributed by atoms with Gasteiger partial charge in [0.2, 0.25) is 0 Å². The third kappa shape index (κ3) is 2.62. The van der Waals surface area contributed by atoms with Gasteiger partial charge in [-0.05, 0) is 12.1 Å². The molecule has 2 aliphatic rings. The molecule has 2 heterocycles. The van der Waals surface area contributed by atoms with E-state index in [0.717, 1.165) is 32.1 Å². The van der Waals surface area contributed by atoms with Gasteiger partial charge in [-0.3, -0.25) is 9.62 Å². The highest BCUT2D eigenvalue weighted by atomic mass is 16.5. The molecule has 0 N–H and O–H groups in total. The predicted octanol–water partition coefficient (Wildman–Crippen LogP) is 1.96. The number of para-hydroxylation sites is 2. The first-order valence-electron chi connectivity index (χ1n) is 7.24. The first kappa shape index (κ1) is 12.7. The van der Waals surface area contributed by atoms with Crippen LogP contribution < -0.4 is 9.47 Å². The molecule has 2 aromatic rings. The van der Waals surface area contributed by atoms with Gasteiger partial charge in [-0.15, -0.1) is 0 Å². The van der Waals surface area contributed by atoms with Crippen LogP contribution in [0.2, 0.25) is 0 Å². The molecular formula is C16H17BN2O2. The fraction of sp³-hybridized carbons (Fsp3) is 0.250. The summed E-state index contributed by atoms with van der Waals surface area (Å²) in [5, 5.41) is 0. The first-order valence-corrected chi connectivity index (χ1v) is 7.24. The molecule has 4 rings (SSSR count). The largest absolute Gasteiger partial charge is 0.479 e. The highest BCUT2D eigenvalue weighted by Gasteiger charge is 2.23. The molecule has 5 heteroatoms. The lowest BCUT2D eigenvalue weighted by molar-refractivity contribution is 0.129. The summed E-state index contributed by atoms with van der Waals surface area (Å²) in [4.78, 5) is 4.58. The molecule has 0 amide bonds. The Morgan fingerprint density at radius 3 is 1.71 bits per heavy atom. The lowest BCUT2D eigenvalue weighted by Crippen LogP contribution is -2.46. The van der Waals surface area contributed by atoms with Crippen molar-refractivity contribution in [2.24, 2.45) is 0 Å². The van der Waals surface area contributed by atoms with E-state index >= 15 is 0 Å². The Hall–Kier alpha value is -1.98. The van der Waals surface area contributed by atoms with Crippen LogP contribution in [0.15, 0.2) is 48.5 Å². The first-order chi connectivity index (χ1) is 10.4. The van der Waals surface area contributed by atoms with Crippen molar-refractivity contribution < 1.29 is 9.47 Å². The van der Waals surface area contributed by atoms with Crippen LogP contribution in [0.25, 0.3) is 0 Å². The van der Waals surface area contributed by atoms with Crippen molar-refractivity contribution >= 4 is 7.55 Å². The average Bonchev–Trinajstić information content (AvgIpc) is 2.55. The number of rotatable bonds is 2. The topological polar surface area (TPSA) is 24.9 Å². The van der Waals surface area contributed by atoms with E-state index in [-0.39, 0.29) is 0 Å². The van der Waals surface area contributed by atoms with Crippen LogP contribution in [0.3, 0.4) is 0 Å². The monoisotopic (exact) mass is 280 g/mol. The summed E-state index contributed by atoms with van der Waals surface area (Å²) >= 11 is 0. The molecule has 0 aromatic heterocycles. The molecule has 2 aliphatic heterocycles. The number of hydrogen-bond donors (Lipinski definition) is 0. The van der Waals surface area contributed by atoms with Gasteiger partial charge in [0.05, 0.1) is 0 Å². The van der Waals surface area contributed by atoms with Crippen LogP contribution in [0.4, 0.5) is 0 Å². The Bertz CT molecular complexity index is 594. The maximum atomic E-state index is 5.81. The maximum absolute atomic E-state index is 5.81. The van der Waals surface area contributed by atoms with E-state index in [1.54, 1.807) is 0 Å². The minimum atomic E-state index is 0.634. The van der Waals surface area contributed by atoms with Crippen LogP contribution in [0, 0.1) is 0 Å². The van der Waals surface area contributed by atoms with E-state index in [4.69, 9.17) is 9.47 Å². The van der Waals surface area contributed by atoms with Gasteiger partial charge >= 0.3 is 0 Å². The molecule has 0 aliphatic carbocycles. The van der Waals surface area contributed by atoms with Gasteiger partial charge in [-0.25, -0.2) is 0 Å². The minimum absolute atomic E-state index is 0.634. The molecule has 0 fully saturated rings. The Labute approximate surface area is 125 Å². The number of hydrogen-bond acceptors (Lipinski definition) is 4. The van der Waals surface area contributed by atoms with Crippen LogP contribution in [-0.4, -0.2) is 30.6 Å². The SMILES string of the molecule is B(N1COc2ccccc2C1)N1COc2ccccc2C1. The number of ether oxygens (including phenoxy) is 2. The van der Waals surface area contributed by atoms with Crippen molar-refractivity contribution in [1.29, 1.82) is 0 Å². The van der Waals surface area contributed by atoms with Crippen molar-refractivity contribution in [3.63, 3.8) is 0 Å². The standard InChI is InChI=1S/C16H17BN2O2/c1-3-7-15-13(5-1)9-18(11-20-15)17-19-10-14-6-2-4-8-16(14)21-12-19/h1-8,17H,9-12H2. The van der Waals surface area contributed by atoms with E-state index in [2.05, 4.69) is 33.9 Å². The van der Waals surface area contributed by atoms with Gasteiger partial charge in [-0.2, -0.15) is 0 Å². The molecule has 2 aromatic carbocycles. The summed E-state index contributed by atoms with van der Waals surface area (Å²) in [6.07, 6.45) is 0. The zero-order valence-electron chi connectivity index (χ0n) is 11.9. The molecule has 0 radical (unpaired) electrons. The molecule has 21 heavy (non-hydrogen) atoms. The van der Waals surface area contributed by atoms with Crippen LogP contribution >= 0.6 is 0 Å². The summed E-state index contributed by atoms with van der Waals surface area (Å²) in [7, 11) is 0.850. The molecule has 0 saturated carbocycles. The quantitative estimate of drug-likeness (QED) is 0.785. The van der Waals surface area contributed by atoms with E-state index in [9.17, 15) is 0 Å². The predicted molar refractivity (Wildman–Crippen MR) is 82.1 cm³/mol. The third-order valence-electron chi connectivity index (χ3n) is 3.94. The Kier molecular flexibility index (Phi) is 3.29. The van der Waals surface area contributed by atoms with Crippen LogP contribution in [0.1, 0.15) is 11.1 Å². The summed E-state index contributed by atoms with van der Waals surface area (Å²) in [6, 6.07) is 16.5.